The summed E-state index contributed by atoms with van der Waals surface area (Å²) in [6, 6.07) is 12.8. The Balaban J connectivity index is 1.48. The van der Waals surface area contributed by atoms with Crippen molar-refractivity contribution in [2.75, 3.05) is 11.9 Å². The lowest BCUT2D eigenvalue weighted by Crippen LogP contribution is -2.32. The normalized spacial score (nSPS) is 17.2. The fraction of sp³-hybridized carbons (Fsp3) is 0.321. The Hall–Kier alpha value is -3.47. The van der Waals surface area contributed by atoms with Crippen LogP contribution in [0, 0.1) is 0 Å². The second-order valence-electron chi connectivity index (χ2n) is 9.09. The molecule has 0 bridgehead atoms. The number of hydrogen-bond donors (Lipinski definition) is 1. The summed E-state index contributed by atoms with van der Waals surface area (Å²) < 4.78 is 0. The molecule has 2 aromatic carbocycles. The largest absolute Gasteiger partial charge is 0.325 e. The predicted octanol–water partition coefficient (Wildman–Crippen LogP) is 5.64. The summed E-state index contributed by atoms with van der Waals surface area (Å²) in [4.78, 5) is 39.5. The zero-order chi connectivity index (χ0) is 23.5. The van der Waals surface area contributed by atoms with E-state index in [9.17, 15) is 14.4 Å². The monoisotopic (exact) mass is 442 g/mol. The van der Waals surface area contributed by atoms with Gasteiger partial charge in [-0.05, 0) is 75.8 Å². The Kier molecular flexibility index (Phi) is 6.59. The van der Waals surface area contributed by atoms with Gasteiger partial charge in [0, 0.05) is 12.2 Å². The van der Waals surface area contributed by atoms with E-state index in [4.69, 9.17) is 0 Å². The van der Waals surface area contributed by atoms with Gasteiger partial charge in [0.1, 0.15) is 0 Å². The molecule has 2 aromatic rings. The summed E-state index contributed by atoms with van der Waals surface area (Å²) in [7, 11) is 0. The van der Waals surface area contributed by atoms with Crippen LogP contribution in [0.2, 0.25) is 0 Å². The van der Waals surface area contributed by atoms with Gasteiger partial charge >= 0.3 is 0 Å². The molecule has 0 spiro atoms. The van der Waals surface area contributed by atoms with Crippen molar-refractivity contribution in [3.8, 4) is 0 Å². The van der Waals surface area contributed by atoms with E-state index in [0.717, 1.165) is 36.1 Å². The van der Waals surface area contributed by atoms with Crippen LogP contribution in [0.4, 0.5) is 5.69 Å². The summed E-state index contributed by atoms with van der Waals surface area (Å²) in [5.41, 5.74) is 6.47. The van der Waals surface area contributed by atoms with Crippen molar-refractivity contribution in [2.45, 2.75) is 52.4 Å². The van der Waals surface area contributed by atoms with E-state index in [1.807, 2.05) is 12.1 Å². The van der Waals surface area contributed by atoms with Gasteiger partial charge in [0.05, 0.1) is 17.0 Å². The van der Waals surface area contributed by atoms with E-state index < -0.39 is 0 Å². The zero-order valence-electron chi connectivity index (χ0n) is 19.5. The highest BCUT2D eigenvalue weighted by Crippen LogP contribution is 2.38. The van der Waals surface area contributed by atoms with Crippen molar-refractivity contribution < 1.29 is 14.4 Å². The van der Waals surface area contributed by atoms with Gasteiger partial charge < -0.3 is 5.32 Å². The molecule has 0 fully saturated rings. The van der Waals surface area contributed by atoms with Crippen LogP contribution in [0.5, 0.6) is 0 Å². The maximum atomic E-state index is 12.8. The number of carbonyl (C=O) groups excluding carboxylic acids is 3. The van der Waals surface area contributed by atoms with Crippen molar-refractivity contribution in [1.82, 2.24) is 4.90 Å². The average Bonchev–Trinajstić information content (AvgIpc) is 3.24. The van der Waals surface area contributed by atoms with E-state index in [0.29, 0.717) is 17.5 Å². The van der Waals surface area contributed by atoms with Crippen molar-refractivity contribution in [3.63, 3.8) is 0 Å². The number of nitrogens with one attached hydrogen (secondary N) is 1. The molecule has 2 heterocycles. The van der Waals surface area contributed by atoms with Crippen LogP contribution >= 0.6 is 0 Å². The number of imide groups is 1. The fourth-order valence-corrected chi connectivity index (χ4v) is 4.61. The van der Waals surface area contributed by atoms with Crippen molar-refractivity contribution >= 4 is 23.4 Å². The SMILES string of the molecule is CC(C)=CCC/C(C)=C\Cc1cccc2c1C(CCN1C(=O)c3ccccc3C1=O)C(=O)N2. The second-order valence-corrected chi connectivity index (χ2v) is 9.09. The minimum atomic E-state index is -0.375. The standard InChI is InChI=1S/C28H30N2O3/c1-18(2)8-6-9-19(3)14-15-20-10-7-13-24-25(20)23(26(31)29-24)16-17-30-27(32)21-11-4-5-12-22(21)28(30)33/h4-5,7-8,10-14,23H,6,9,15-17H2,1-3H3,(H,29,31)/b19-14-. The van der Waals surface area contributed by atoms with E-state index >= 15 is 0 Å². The molecule has 170 valence electrons. The highest BCUT2D eigenvalue weighted by Gasteiger charge is 2.38. The Bertz CT molecular complexity index is 1140. The molecule has 0 aliphatic carbocycles. The number of nitrogens with zero attached hydrogens (tertiary/aromatic N) is 1. The number of anilines is 1. The molecule has 2 aliphatic heterocycles. The molecule has 2 aliphatic rings. The summed E-state index contributed by atoms with van der Waals surface area (Å²) in [5, 5.41) is 2.98. The van der Waals surface area contributed by atoms with E-state index in [1.165, 1.54) is 16.0 Å². The first-order chi connectivity index (χ1) is 15.9. The van der Waals surface area contributed by atoms with Crippen LogP contribution < -0.4 is 5.32 Å². The number of allylic oxidation sites excluding steroid dienone is 4. The van der Waals surface area contributed by atoms with Gasteiger partial charge in [0.25, 0.3) is 11.8 Å². The minimum absolute atomic E-state index is 0.0710. The first-order valence-corrected chi connectivity index (χ1v) is 11.5. The molecule has 0 aromatic heterocycles. The first kappa shape index (κ1) is 22.7. The van der Waals surface area contributed by atoms with Gasteiger partial charge in [0.15, 0.2) is 0 Å². The maximum absolute atomic E-state index is 12.8. The molecule has 5 nitrogen and oxygen atoms in total. The van der Waals surface area contributed by atoms with Crippen molar-refractivity contribution in [1.29, 1.82) is 0 Å². The Morgan fingerprint density at radius 1 is 0.939 bits per heavy atom. The van der Waals surface area contributed by atoms with E-state index in [-0.39, 0.29) is 30.2 Å². The molecule has 0 radical (unpaired) electrons. The average molecular weight is 443 g/mol. The summed E-state index contributed by atoms with van der Waals surface area (Å²) in [6.07, 6.45) is 7.68. The zero-order valence-corrected chi connectivity index (χ0v) is 19.5. The van der Waals surface area contributed by atoms with Crippen LogP contribution in [0.25, 0.3) is 0 Å². The molecule has 1 atom stereocenters. The van der Waals surface area contributed by atoms with Crippen LogP contribution in [0.1, 0.15) is 77.8 Å². The third-order valence-electron chi connectivity index (χ3n) is 6.40. The van der Waals surface area contributed by atoms with Crippen LogP contribution in [0.15, 0.2) is 65.8 Å². The molecular formula is C28H30N2O3. The van der Waals surface area contributed by atoms with Gasteiger partial charge in [-0.25, -0.2) is 0 Å². The lowest BCUT2D eigenvalue weighted by atomic mass is 9.90. The van der Waals surface area contributed by atoms with Gasteiger partial charge in [-0.3, -0.25) is 19.3 Å². The number of benzene rings is 2. The summed E-state index contributed by atoms with van der Waals surface area (Å²) in [5.74, 6) is -1.01. The number of carbonyl (C=O) groups is 3. The van der Waals surface area contributed by atoms with Crippen molar-refractivity contribution in [3.05, 3.63) is 88.0 Å². The van der Waals surface area contributed by atoms with Crippen LogP contribution in [-0.4, -0.2) is 29.2 Å². The van der Waals surface area contributed by atoms with Gasteiger partial charge in [0.2, 0.25) is 5.91 Å². The lowest BCUT2D eigenvalue weighted by Gasteiger charge is -2.18. The second kappa shape index (κ2) is 9.57. The Morgan fingerprint density at radius 3 is 2.30 bits per heavy atom. The highest BCUT2D eigenvalue weighted by atomic mass is 16.2. The predicted molar refractivity (Wildman–Crippen MR) is 130 cm³/mol. The molecule has 0 saturated heterocycles. The quantitative estimate of drug-likeness (QED) is 0.425. The summed E-state index contributed by atoms with van der Waals surface area (Å²) in [6.45, 7) is 6.58. The first-order valence-electron chi connectivity index (χ1n) is 11.5. The number of fused-ring (bicyclic) bond motifs is 2. The fourth-order valence-electron chi connectivity index (χ4n) is 4.61. The molecule has 33 heavy (non-hydrogen) atoms. The van der Waals surface area contributed by atoms with Gasteiger partial charge in [-0.1, -0.05) is 47.6 Å². The molecule has 4 rings (SSSR count). The van der Waals surface area contributed by atoms with Crippen LogP contribution in [-0.2, 0) is 11.2 Å². The molecule has 1 unspecified atom stereocenters. The number of rotatable bonds is 8. The molecule has 5 heteroatoms. The van der Waals surface area contributed by atoms with Crippen LogP contribution in [0.3, 0.4) is 0 Å². The maximum Gasteiger partial charge on any atom is 0.261 e. The molecule has 3 amide bonds. The molecular weight excluding hydrogens is 412 g/mol. The smallest absolute Gasteiger partial charge is 0.261 e. The molecule has 1 N–H and O–H groups in total. The van der Waals surface area contributed by atoms with E-state index in [2.05, 4.69) is 44.3 Å². The number of amides is 3. The third kappa shape index (κ3) is 4.68. The Labute approximate surface area is 195 Å². The summed E-state index contributed by atoms with van der Waals surface area (Å²) >= 11 is 0. The minimum Gasteiger partial charge on any atom is -0.325 e. The third-order valence-corrected chi connectivity index (χ3v) is 6.40. The van der Waals surface area contributed by atoms with E-state index in [1.54, 1.807) is 24.3 Å². The Morgan fingerprint density at radius 2 is 1.64 bits per heavy atom. The lowest BCUT2D eigenvalue weighted by molar-refractivity contribution is -0.117. The van der Waals surface area contributed by atoms with Gasteiger partial charge in [-0.2, -0.15) is 0 Å². The van der Waals surface area contributed by atoms with Gasteiger partial charge in [-0.15, -0.1) is 0 Å². The molecule has 0 saturated carbocycles. The number of hydrogen-bond acceptors (Lipinski definition) is 3. The topological polar surface area (TPSA) is 66.5 Å². The highest BCUT2D eigenvalue weighted by molar-refractivity contribution is 6.21. The van der Waals surface area contributed by atoms with Crippen molar-refractivity contribution in [2.24, 2.45) is 0 Å².